The standard InChI is InChI=1S/C20H20ClNO3/c21-18-8-2-1-6-16(18)14-25-17-7-3-5-15(11-17)12-22-13-19(23)20-9-4-10-24-20/h1-11,19,22-23H,12-14H2. The molecule has 1 atom stereocenters. The summed E-state index contributed by atoms with van der Waals surface area (Å²) < 4.78 is 11.0. The Hall–Kier alpha value is -2.27. The molecule has 0 saturated heterocycles. The first kappa shape index (κ1) is 17.5. The molecule has 0 saturated carbocycles. The molecule has 0 spiro atoms. The Morgan fingerprint density at radius 3 is 2.76 bits per heavy atom. The number of aliphatic hydroxyl groups is 1. The average Bonchev–Trinajstić information content (AvgIpc) is 3.16. The van der Waals surface area contributed by atoms with Gasteiger partial charge < -0.3 is 19.6 Å². The van der Waals surface area contributed by atoms with Crippen molar-refractivity contribution in [3.05, 3.63) is 88.8 Å². The molecule has 5 heteroatoms. The van der Waals surface area contributed by atoms with Gasteiger partial charge in [-0.05, 0) is 35.9 Å². The molecule has 0 aliphatic rings. The lowest BCUT2D eigenvalue weighted by molar-refractivity contribution is 0.147. The number of rotatable bonds is 8. The molecule has 0 bridgehead atoms. The summed E-state index contributed by atoms with van der Waals surface area (Å²) in [5.74, 6) is 1.34. The Morgan fingerprint density at radius 1 is 1.08 bits per heavy atom. The molecule has 0 fully saturated rings. The van der Waals surface area contributed by atoms with E-state index in [9.17, 15) is 5.11 Å². The highest BCUT2D eigenvalue weighted by Crippen LogP contribution is 2.19. The number of hydrogen-bond donors (Lipinski definition) is 2. The maximum atomic E-state index is 9.98. The SMILES string of the molecule is OC(CNCc1cccc(OCc2ccccc2Cl)c1)c1ccco1. The van der Waals surface area contributed by atoms with Crippen molar-refractivity contribution in [3.8, 4) is 5.75 Å². The Bertz CT molecular complexity index is 789. The van der Waals surface area contributed by atoms with Gasteiger partial charge in [0.2, 0.25) is 0 Å². The second-order valence-corrected chi connectivity index (χ2v) is 6.10. The first-order chi connectivity index (χ1) is 12.2. The highest BCUT2D eigenvalue weighted by molar-refractivity contribution is 6.31. The zero-order chi connectivity index (χ0) is 17.5. The van der Waals surface area contributed by atoms with E-state index in [0.717, 1.165) is 16.9 Å². The van der Waals surface area contributed by atoms with Crippen molar-refractivity contribution in [1.29, 1.82) is 0 Å². The van der Waals surface area contributed by atoms with Gasteiger partial charge in [0.15, 0.2) is 0 Å². The highest BCUT2D eigenvalue weighted by atomic mass is 35.5. The molecule has 3 rings (SSSR count). The van der Waals surface area contributed by atoms with Crippen LogP contribution in [0.3, 0.4) is 0 Å². The molecule has 3 aromatic rings. The predicted molar refractivity (Wildman–Crippen MR) is 97.6 cm³/mol. The van der Waals surface area contributed by atoms with E-state index in [1.165, 1.54) is 0 Å². The molecule has 0 aliphatic heterocycles. The van der Waals surface area contributed by atoms with Gasteiger partial charge in [0, 0.05) is 23.7 Å². The number of nitrogens with one attached hydrogen (secondary N) is 1. The summed E-state index contributed by atoms with van der Waals surface area (Å²) in [5.41, 5.74) is 2.03. The van der Waals surface area contributed by atoms with Crippen molar-refractivity contribution in [2.45, 2.75) is 19.3 Å². The first-order valence-electron chi connectivity index (χ1n) is 8.10. The Labute approximate surface area is 152 Å². The van der Waals surface area contributed by atoms with Gasteiger partial charge in [-0.25, -0.2) is 0 Å². The van der Waals surface area contributed by atoms with Crippen LogP contribution in [0.5, 0.6) is 5.75 Å². The monoisotopic (exact) mass is 357 g/mol. The summed E-state index contributed by atoms with van der Waals surface area (Å²) in [5, 5.41) is 13.9. The molecule has 1 heterocycles. The van der Waals surface area contributed by atoms with E-state index in [4.69, 9.17) is 20.8 Å². The van der Waals surface area contributed by atoms with E-state index in [1.807, 2.05) is 48.5 Å². The fraction of sp³-hybridized carbons (Fsp3) is 0.200. The number of aliphatic hydroxyl groups excluding tert-OH is 1. The Morgan fingerprint density at radius 2 is 1.96 bits per heavy atom. The molecule has 130 valence electrons. The molecule has 1 aromatic heterocycles. The maximum absolute atomic E-state index is 9.98. The van der Waals surface area contributed by atoms with E-state index in [2.05, 4.69) is 5.32 Å². The molecule has 2 N–H and O–H groups in total. The van der Waals surface area contributed by atoms with E-state index < -0.39 is 6.10 Å². The van der Waals surface area contributed by atoms with Crippen LogP contribution in [0.25, 0.3) is 0 Å². The Kier molecular flexibility index (Phi) is 6.12. The summed E-state index contributed by atoms with van der Waals surface area (Å²) in [6.07, 6.45) is 0.896. The lowest BCUT2D eigenvalue weighted by Crippen LogP contribution is -2.20. The summed E-state index contributed by atoms with van der Waals surface area (Å²) >= 11 is 6.14. The van der Waals surface area contributed by atoms with Gasteiger partial charge in [-0.2, -0.15) is 0 Å². The summed E-state index contributed by atoms with van der Waals surface area (Å²) in [6.45, 7) is 1.47. The minimum absolute atomic E-state index is 0.415. The van der Waals surface area contributed by atoms with Crippen molar-refractivity contribution in [2.24, 2.45) is 0 Å². The van der Waals surface area contributed by atoms with Gasteiger partial charge in [-0.15, -0.1) is 0 Å². The highest BCUT2D eigenvalue weighted by Gasteiger charge is 2.09. The van der Waals surface area contributed by atoms with Crippen LogP contribution >= 0.6 is 11.6 Å². The molecule has 0 radical (unpaired) electrons. The third-order valence-corrected chi connectivity index (χ3v) is 4.16. The minimum Gasteiger partial charge on any atom is -0.489 e. The zero-order valence-corrected chi connectivity index (χ0v) is 14.4. The molecular formula is C20H20ClNO3. The van der Waals surface area contributed by atoms with Crippen molar-refractivity contribution >= 4 is 11.6 Å². The summed E-state index contributed by atoms with van der Waals surface area (Å²) in [7, 11) is 0. The van der Waals surface area contributed by atoms with Crippen molar-refractivity contribution in [2.75, 3.05) is 6.54 Å². The molecular weight excluding hydrogens is 338 g/mol. The van der Waals surface area contributed by atoms with Crippen molar-refractivity contribution in [1.82, 2.24) is 5.32 Å². The van der Waals surface area contributed by atoms with Gasteiger partial charge >= 0.3 is 0 Å². The quantitative estimate of drug-likeness (QED) is 0.630. The second kappa shape index (κ2) is 8.72. The fourth-order valence-electron chi connectivity index (χ4n) is 2.46. The van der Waals surface area contributed by atoms with E-state index in [-0.39, 0.29) is 0 Å². The topological polar surface area (TPSA) is 54.6 Å². The summed E-state index contributed by atoms with van der Waals surface area (Å²) in [4.78, 5) is 0. The minimum atomic E-state index is -0.658. The maximum Gasteiger partial charge on any atom is 0.133 e. The zero-order valence-electron chi connectivity index (χ0n) is 13.7. The van der Waals surface area contributed by atoms with Gasteiger partial charge in [0.1, 0.15) is 24.2 Å². The molecule has 4 nitrogen and oxygen atoms in total. The average molecular weight is 358 g/mol. The molecule has 1 unspecified atom stereocenters. The van der Waals surface area contributed by atoms with Gasteiger partial charge in [0.25, 0.3) is 0 Å². The van der Waals surface area contributed by atoms with E-state index in [1.54, 1.807) is 18.4 Å². The largest absolute Gasteiger partial charge is 0.489 e. The van der Waals surface area contributed by atoms with Crippen LogP contribution in [0.1, 0.15) is 23.0 Å². The molecule has 2 aromatic carbocycles. The van der Waals surface area contributed by atoms with Crippen LogP contribution in [0.4, 0.5) is 0 Å². The molecule has 0 aliphatic carbocycles. The third kappa shape index (κ3) is 5.10. The van der Waals surface area contributed by atoms with E-state index >= 15 is 0 Å². The predicted octanol–water partition coefficient (Wildman–Crippen LogP) is 4.34. The van der Waals surface area contributed by atoms with Gasteiger partial charge in [-0.3, -0.25) is 0 Å². The molecule has 25 heavy (non-hydrogen) atoms. The smallest absolute Gasteiger partial charge is 0.133 e. The van der Waals surface area contributed by atoms with Gasteiger partial charge in [0.05, 0.1) is 6.26 Å². The van der Waals surface area contributed by atoms with Crippen LogP contribution in [0.2, 0.25) is 5.02 Å². The second-order valence-electron chi connectivity index (χ2n) is 5.69. The number of hydrogen-bond acceptors (Lipinski definition) is 4. The van der Waals surface area contributed by atoms with E-state index in [0.29, 0.717) is 30.5 Å². The van der Waals surface area contributed by atoms with Crippen molar-refractivity contribution < 1.29 is 14.3 Å². The van der Waals surface area contributed by atoms with Gasteiger partial charge in [-0.1, -0.05) is 41.9 Å². The number of halogens is 1. The normalized spacial score (nSPS) is 12.1. The molecule has 0 amide bonds. The fourth-order valence-corrected chi connectivity index (χ4v) is 2.65. The number of benzene rings is 2. The van der Waals surface area contributed by atoms with Crippen LogP contribution in [-0.2, 0) is 13.2 Å². The first-order valence-corrected chi connectivity index (χ1v) is 8.47. The van der Waals surface area contributed by atoms with Crippen molar-refractivity contribution in [3.63, 3.8) is 0 Å². The van der Waals surface area contributed by atoms with Crippen LogP contribution < -0.4 is 10.1 Å². The van der Waals surface area contributed by atoms with Crippen LogP contribution in [0.15, 0.2) is 71.3 Å². The Balaban J connectivity index is 1.50. The number of ether oxygens (including phenoxy) is 1. The van der Waals surface area contributed by atoms with Crippen LogP contribution in [0, 0.1) is 0 Å². The summed E-state index contributed by atoms with van der Waals surface area (Å²) in [6, 6.07) is 19.0. The lowest BCUT2D eigenvalue weighted by atomic mass is 10.2. The lowest BCUT2D eigenvalue weighted by Gasteiger charge is -2.11. The third-order valence-electron chi connectivity index (χ3n) is 3.79. The van der Waals surface area contributed by atoms with Crippen LogP contribution in [-0.4, -0.2) is 11.7 Å². The number of furan rings is 1.